The van der Waals surface area contributed by atoms with E-state index in [9.17, 15) is 9.59 Å². The van der Waals surface area contributed by atoms with Crippen molar-refractivity contribution in [3.05, 3.63) is 118 Å². The van der Waals surface area contributed by atoms with Crippen LogP contribution in [0.5, 0.6) is 0 Å². The van der Waals surface area contributed by atoms with E-state index in [0.29, 0.717) is 11.1 Å². The average molecular weight is 427 g/mol. The first-order valence-corrected chi connectivity index (χ1v) is 10.8. The topological polar surface area (TPSA) is 44.0 Å². The highest BCUT2D eigenvalue weighted by Gasteiger charge is 2.14. The molecule has 31 heavy (non-hydrogen) atoms. The molecule has 3 aromatic carbocycles. The molecule has 0 amide bonds. The van der Waals surface area contributed by atoms with Gasteiger partial charge < -0.3 is 0 Å². The molecule has 4 rings (SSSR count). The molecule has 0 aliphatic carbocycles. The molecule has 1 aromatic heterocycles. The summed E-state index contributed by atoms with van der Waals surface area (Å²) in [5.74, 6) is -0.134. The van der Waals surface area contributed by atoms with Gasteiger partial charge in [-0.1, -0.05) is 48.2 Å². The number of carbonyl (C=O) groups excluding carboxylic acids is 1. The number of allylic oxidation sites excluding steroid dienone is 1. The summed E-state index contributed by atoms with van der Waals surface area (Å²) < 4.78 is 3.41. The predicted molar refractivity (Wildman–Crippen MR) is 126 cm³/mol. The van der Waals surface area contributed by atoms with Crippen LogP contribution < -0.4 is 5.56 Å². The fourth-order valence-electron chi connectivity index (χ4n) is 3.35. The SMILES string of the molecule is Cc1c(/C=C/C(=O)c2ccc(Sc3ccccc3)cc2)c(=O)n(-c2ccccc2)n1C. The lowest BCUT2D eigenvalue weighted by molar-refractivity contribution is 0.104. The van der Waals surface area contributed by atoms with Crippen LogP contribution >= 0.6 is 11.8 Å². The summed E-state index contributed by atoms with van der Waals surface area (Å²) in [4.78, 5) is 27.8. The van der Waals surface area contributed by atoms with Gasteiger partial charge in [0.25, 0.3) is 5.56 Å². The van der Waals surface area contributed by atoms with Crippen LogP contribution in [0, 0.1) is 6.92 Å². The van der Waals surface area contributed by atoms with Crippen LogP contribution in [0.2, 0.25) is 0 Å². The normalized spacial score (nSPS) is 11.2. The molecule has 0 bridgehead atoms. The molecular formula is C26H22N2O2S. The molecular weight excluding hydrogens is 404 g/mol. The zero-order valence-electron chi connectivity index (χ0n) is 17.4. The van der Waals surface area contributed by atoms with E-state index < -0.39 is 0 Å². The number of ketones is 1. The molecule has 4 nitrogen and oxygen atoms in total. The minimum atomic E-state index is -0.148. The maximum Gasteiger partial charge on any atom is 0.278 e. The van der Waals surface area contributed by atoms with E-state index in [2.05, 4.69) is 12.1 Å². The number of nitrogens with zero attached hydrogens (tertiary/aromatic N) is 2. The van der Waals surface area contributed by atoms with Crippen molar-refractivity contribution < 1.29 is 4.79 Å². The summed E-state index contributed by atoms with van der Waals surface area (Å²) >= 11 is 1.65. The lowest BCUT2D eigenvalue weighted by atomic mass is 10.1. The van der Waals surface area contributed by atoms with Crippen molar-refractivity contribution in [2.45, 2.75) is 16.7 Å². The molecule has 0 unspecified atom stereocenters. The van der Waals surface area contributed by atoms with Crippen LogP contribution in [-0.2, 0) is 7.05 Å². The molecule has 0 fully saturated rings. The lowest BCUT2D eigenvalue weighted by Gasteiger charge is -2.07. The van der Waals surface area contributed by atoms with Gasteiger partial charge in [-0.05, 0) is 67.6 Å². The van der Waals surface area contributed by atoms with Crippen LogP contribution in [-0.4, -0.2) is 15.1 Å². The summed E-state index contributed by atoms with van der Waals surface area (Å²) in [7, 11) is 1.84. The minimum Gasteiger partial charge on any atom is -0.289 e. The third-order valence-electron chi connectivity index (χ3n) is 5.12. The van der Waals surface area contributed by atoms with Crippen LogP contribution in [0.4, 0.5) is 0 Å². The van der Waals surface area contributed by atoms with Gasteiger partial charge in [0, 0.05) is 28.1 Å². The number of benzene rings is 3. The number of hydrogen-bond donors (Lipinski definition) is 0. The third kappa shape index (κ3) is 4.47. The largest absolute Gasteiger partial charge is 0.289 e. The second kappa shape index (κ2) is 9.06. The Morgan fingerprint density at radius 2 is 1.42 bits per heavy atom. The standard InChI is InChI=1S/C26H22N2O2S/c1-19-24(26(30)28(27(19)2)21-9-5-3-6-10-21)17-18-25(29)20-13-15-23(16-14-20)31-22-11-7-4-8-12-22/h3-18H,1-2H3/b18-17+. The van der Waals surface area contributed by atoms with Gasteiger partial charge in [0.2, 0.25) is 0 Å². The van der Waals surface area contributed by atoms with Crippen molar-refractivity contribution >= 4 is 23.6 Å². The molecule has 0 aliphatic heterocycles. The molecule has 0 saturated carbocycles. The second-order valence-electron chi connectivity index (χ2n) is 7.11. The van der Waals surface area contributed by atoms with Crippen LogP contribution in [0.25, 0.3) is 11.8 Å². The zero-order chi connectivity index (χ0) is 21.8. The smallest absolute Gasteiger partial charge is 0.278 e. The first kappa shape index (κ1) is 20.7. The quantitative estimate of drug-likeness (QED) is 0.301. The predicted octanol–water partition coefficient (Wildman–Crippen LogP) is 5.53. The summed E-state index contributed by atoms with van der Waals surface area (Å²) in [5, 5.41) is 0. The molecule has 0 N–H and O–H groups in total. The van der Waals surface area contributed by atoms with Gasteiger partial charge in [0.05, 0.1) is 11.3 Å². The monoisotopic (exact) mass is 426 g/mol. The van der Waals surface area contributed by atoms with E-state index in [-0.39, 0.29) is 11.3 Å². The van der Waals surface area contributed by atoms with Crippen LogP contribution in [0.3, 0.4) is 0 Å². The van der Waals surface area contributed by atoms with E-state index in [1.807, 2.05) is 86.8 Å². The summed E-state index contributed by atoms with van der Waals surface area (Å²) in [6.07, 6.45) is 3.09. The van der Waals surface area contributed by atoms with Crippen molar-refractivity contribution in [3.8, 4) is 5.69 Å². The summed E-state index contributed by atoms with van der Waals surface area (Å²) in [5.41, 5.74) is 2.54. The van der Waals surface area contributed by atoms with E-state index in [1.165, 1.54) is 6.08 Å². The van der Waals surface area contributed by atoms with Crippen molar-refractivity contribution in [1.29, 1.82) is 0 Å². The Labute approximate surface area is 185 Å². The Kier molecular flexibility index (Phi) is 6.05. The molecule has 4 aromatic rings. The highest BCUT2D eigenvalue weighted by Crippen LogP contribution is 2.27. The molecule has 5 heteroatoms. The first-order chi connectivity index (χ1) is 15.0. The van der Waals surface area contributed by atoms with Gasteiger partial charge in [0.1, 0.15) is 0 Å². The number of aromatic nitrogens is 2. The van der Waals surface area contributed by atoms with Gasteiger partial charge in [0.15, 0.2) is 5.78 Å². The van der Waals surface area contributed by atoms with E-state index in [4.69, 9.17) is 0 Å². The van der Waals surface area contributed by atoms with Crippen molar-refractivity contribution in [2.24, 2.45) is 7.05 Å². The first-order valence-electron chi connectivity index (χ1n) is 9.94. The highest BCUT2D eigenvalue weighted by atomic mass is 32.2. The Balaban J connectivity index is 1.54. The van der Waals surface area contributed by atoms with Gasteiger partial charge in [-0.2, -0.15) is 0 Å². The Bertz CT molecular complexity index is 1290. The van der Waals surface area contributed by atoms with E-state index >= 15 is 0 Å². The Morgan fingerprint density at radius 3 is 2.06 bits per heavy atom. The molecule has 0 radical (unpaired) electrons. The van der Waals surface area contributed by atoms with Crippen molar-refractivity contribution in [1.82, 2.24) is 9.36 Å². The van der Waals surface area contributed by atoms with Gasteiger partial charge in [-0.25, -0.2) is 4.68 Å². The number of para-hydroxylation sites is 1. The van der Waals surface area contributed by atoms with Crippen molar-refractivity contribution in [3.63, 3.8) is 0 Å². The van der Waals surface area contributed by atoms with Crippen LogP contribution in [0.15, 0.2) is 106 Å². The minimum absolute atomic E-state index is 0.134. The molecule has 0 spiro atoms. The Morgan fingerprint density at radius 1 is 0.839 bits per heavy atom. The van der Waals surface area contributed by atoms with Crippen LogP contribution in [0.1, 0.15) is 21.6 Å². The Hall–Kier alpha value is -3.57. The fourth-order valence-corrected chi connectivity index (χ4v) is 4.19. The zero-order valence-corrected chi connectivity index (χ0v) is 18.2. The van der Waals surface area contributed by atoms with Crippen molar-refractivity contribution in [2.75, 3.05) is 0 Å². The maximum atomic E-state index is 13.0. The molecule has 0 atom stereocenters. The number of rotatable bonds is 6. The number of carbonyl (C=O) groups is 1. The third-order valence-corrected chi connectivity index (χ3v) is 6.13. The summed E-state index contributed by atoms with van der Waals surface area (Å²) in [6, 6.07) is 27.1. The second-order valence-corrected chi connectivity index (χ2v) is 8.26. The van der Waals surface area contributed by atoms with Gasteiger partial charge >= 0.3 is 0 Å². The summed E-state index contributed by atoms with van der Waals surface area (Å²) in [6.45, 7) is 1.88. The average Bonchev–Trinajstić information content (AvgIpc) is 3.01. The lowest BCUT2D eigenvalue weighted by Crippen LogP contribution is -2.20. The molecule has 1 heterocycles. The molecule has 0 saturated heterocycles. The van der Waals surface area contributed by atoms with E-state index in [1.54, 1.807) is 27.2 Å². The molecule has 154 valence electrons. The molecule has 0 aliphatic rings. The number of hydrogen-bond acceptors (Lipinski definition) is 3. The van der Waals surface area contributed by atoms with Gasteiger partial charge in [-0.3, -0.25) is 14.3 Å². The van der Waals surface area contributed by atoms with Gasteiger partial charge in [-0.15, -0.1) is 0 Å². The van der Waals surface area contributed by atoms with E-state index in [0.717, 1.165) is 21.2 Å². The highest BCUT2D eigenvalue weighted by molar-refractivity contribution is 7.99. The fraction of sp³-hybridized carbons (Fsp3) is 0.0769. The maximum absolute atomic E-state index is 13.0.